The van der Waals surface area contributed by atoms with E-state index in [2.05, 4.69) is 15.5 Å². The van der Waals surface area contributed by atoms with Crippen LogP contribution >= 0.6 is 0 Å². The van der Waals surface area contributed by atoms with E-state index >= 15 is 0 Å². The maximum absolute atomic E-state index is 11.9. The van der Waals surface area contributed by atoms with Crippen molar-refractivity contribution in [3.63, 3.8) is 0 Å². The molecule has 2 atom stereocenters. The Morgan fingerprint density at radius 3 is 2.75 bits per heavy atom. The minimum Gasteiger partial charge on any atom is -0.352 e. The number of carbonyl (C=O) groups excluding carboxylic acids is 1. The zero-order valence-corrected chi connectivity index (χ0v) is 12.9. The second kappa shape index (κ2) is 6.87. The van der Waals surface area contributed by atoms with Crippen LogP contribution < -0.4 is 10.6 Å². The lowest BCUT2D eigenvalue weighted by molar-refractivity contribution is -0.122. The summed E-state index contributed by atoms with van der Waals surface area (Å²) in [7, 11) is -2.98. The van der Waals surface area contributed by atoms with E-state index in [0.29, 0.717) is 6.54 Å². The van der Waals surface area contributed by atoms with E-state index in [1.54, 1.807) is 0 Å². The van der Waals surface area contributed by atoms with E-state index in [9.17, 15) is 13.2 Å². The number of hydrogen-bond donors (Lipinski definition) is 2. The highest BCUT2D eigenvalue weighted by Crippen LogP contribution is 2.08. The molecule has 2 heterocycles. The van der Waals surface area contributed by atoms with Crippen LogP contribution in [0.3, 0.4) is 0 Å². The maximum atomic E-state index is 11.9. The fraction of sp³-hybridized carbons (Fsp3) is 0.923. The van der Waals surface area contributed by atoms with E-state index < -0.39 is 9.84 Å². The molecule has 0 aromatic heterocycles. The predicted molar refractivity (Wildman–Crippen MR) is 78.3 cm³/mol. The summed E-state index contributed by atoms with van der Waals surface area (Å²) < 4.78 is 23.0. The van der Waals surface area contributed by atoms with Crippen LogP contribution in [0.4, 0.5) is 0 Å². The third-order valence-corrected chi connectivity index (χ3v) is 5.61. The van der Waals surface area contributed by atoms with Gasteiger partial charge in [-0.05, 0) is 32.9 Å². The van der Waals surface area contributed by atoms with Crippen LogP contribution in [0.1, 0.15) is 26.2 Å². The Hall–Kier alpha value is -0.660. The summed E-state index contributed by atoms with van der Waals surface area (Å²) in [5, 5.41) is 6.07. The van der Waals surface area contributed by atoms with E-state index in [1.165, 1.54) is 12.8 Å². The highest BCUT2D eigenvalue weighted by Gasteiger charge is 2.26. The van der Waals surface area contributed by atoms with Gasteiger partial charge in [0.15, 0.2) is 9.84 Å². The van der Waals surface area contributed by atoms with Crippen molar-refractivity contribution in [3.8, 4) is 0 Å². The molecule has 116 valence electrons. The highest BCUT2D eigenvalue weighted by molar-refractivity contribution is 7.91. The summed E-state index contributed by atoms with van der Waals surface area (Å²) in [6, 6.07) is -0.131. The standard InChI is InChI=1S/C13H25N3O3S/c1-11(9-16-5-2-3-6-16)15-13(17)8-12-10-20(18,19)7-4-14-12/h11-12,14H,2-10H2,1H3,(H,15,17). The molecule has 20 heavy (non-hydrogen) atoms. The minimum absolute atomic E-state index is 0.0636. The summed E-state index contributed by atoms with van der Waals surface area (Å²) >= 11 is 0. The molecule has 7 heteroatoms. The van der Waals surface area contributed by atoms with Gasteiger partial charge in [-0.15, -0.1) is 0 Å². The summed E-state index contributed by atoms with van der Waals surface area (Å²) in [4.78, 5) is 14.3. The van der Waals surface area contributed by atoms with Gasteiger partial charge in [-0.25, -0.2) is 8.42 Å². The van der Waals surface area contributed by atoms with Crippen LogP contribution in [0.5, 0.6) is 0 Å². The van der Waals surface area contributed by atoms with E-state index in [1.807, 2.05) is 6.92 Å². The third-order valence-electron chi connectivity index (χ3n) is 3.87. The number of carbonyl (C=O) groups is 1. The van der Waals surface area contributed by atoms with Crippen LogP contribution in [0.15, 0.2) is 0 Å². The van der Waals surface area contributed by atoms with Gasteiger partial charge in [0, 0.05) is 31.6 Å². The molecule has 0 spiro atoms. The number of likely N-dealkylation sites (tertiary alicyclic amines) is 1. The van der Waals surface area contributed by atoms with Gasteiger partial charge in [0.25, 0.3) is 0 Å². The molecule has 2 aliphatic heterocycles. The Morgan fingerprint density at radius 2 is 2.10 bits per heavy atom. The smallest absolute Gasteiger partial charge is 0.221 e. The average molecular weight is 303 g/mol. The number of nitrogens with one attached hydrogen (secondary N) is 2. The summed E-state index contributed by atoms with van der Waals surface area (Å²) in [6.07, 6.45) is 2.72. The van der Waals surface area contributed by atoms with Crippen molar-refractivity contribution in [1.29, 1.82) is 0 Å². The van der Waals surface area contributed by atoms with Crippen molar-refractivity contribution in [1.82, 2.24) is 15.5 Å². The molecular formula is C13H25N3O3S. The molecule has 2 saturated heterocycles. The number of amides is 1. The summed E-state index contributed by atoms with van der Waals surface area (Å²) in [6.45, 7) is 5.55. The number of sulfone groups is 1. The van der Waals surface area contributed by atoms with Gasteiger partial charge < -0.3 is 15.5 Å². The lowest BCUT2D eigenvalue weighted by atomic mass is 10.2. The van der Waals surface area contributed by atoms with Crippen molar-refractivity contribution >= 4 is 15.7 Å². The minimum atomic E-state index is -2.98. The van der Waals surface area contributed by atoms with Crippen molar-refractivity contribution in [3.05, 3.63) is 0 Å². The topological polar surface area (TPSA) is 78.5 Å². The normalized spacial score (nSPS) is 28.1. The first-order valence-electron chi connectivity index (χ1n) is 7.40. The lowest BCUT2D eigenvalue weighted by Crippen LogP contribution is -2.49. The first kappa shape index (κ1) is 15.7. The van der Waals surface area contributed by atoms with Crippen LogP contribution in [-0.4, -0.2) is 69.0 Å². The molecule has 0 aliphatic carbocycles. The number of hydrogen-bond acceptors (Lipinski definition) is 5. The maximum Gasteiger partial charge on any atom is 0.221 e. The van der Waals surface area contributed by atoms with E-state index in [4.69, 9.17) is 0 Å². The van der Waals surface area contributed by atoms with Crippen molar-refractivity contribution in [2.24, 2.45) is 0 Å². The van der Waals surface area contributed by atoms with Crippen molar-refractivity contribution in [2.45, 2.75) is 38.3 Å². The molecular weight excluding hydrogens is 278 g/mol. The molecule has 2 aliphatic rings. The van der Waals surface area contributed by atoms with Crippen LogP contribution in [-0.2, 0) is 14.6 Å². The third kappa shape index (κ3) is 5.03. The molecule has 2 fully saturated rings. The van der Waals surface area contributed by atoms with Gasteiger partial charge >= 0.3 is 0 Å². The first-order valence-corrected chi connectivity index (χ1v) is 9.22. The average Bonchev–Trinajstić information content (AvgIpc) is 2.79. The second-order valence-corrected chi connectivity index (χ2v) is 8.17. The first-order chi connectivity index (χ1) is 9.44. The van der Waals surface area contributed by atoms with Crippen LogP contribution in [0, 0.1) is 0 Å². The highest BCUT2D eigenvalue weighted by atomic mass is 32.2. The molecule has 2 N–H and O–H groups in total. The van der Waals surface area contributed by atoms with Gasteiger partial charge in [0.2, 0.25) is 5.91 Å². The molecule has 0 saturated carbocycles. The predicted octanol–water partition coefficient (Wildman–Crippen LogP) is -0.636. The summed E-state index contributed by atoms with van der Waals surface area (Å²) in [5.74, 6) is 0.184. The molecule has 0 aromatic carbocycles. The molecule has 2 unspecified atom stereocenters. The second-order valence-electron chi connectivity index (χ2n) is 5.95. The van der Waals surface area contributed by atoms with Crippen molar-refractivity contribution < 1.29 is 13.2 Å². The number of rotatable bonds is 5. The van der Waals surface area contributed by atoms with Crippen LogP contribution in [0.25, 0.3) is 0 Å². The van der Waals surface area contributed by atoms with Crippen LogP contribution in [0.2, 0.25) is 0 Å². The molecule has 0 aromatic rings. The Bertz CT molecular complexity index is 432. The lowest BCUT2D eigenvalue weighted by Gasteiger charge is -2.25. The Kier molecular flexibility index (Phi) is 5.40. The molecule has 1 amide bonds. The largest absolute Gasteiger partial charge is 0.352 e. The SMILES string of the molecule is CC(CN1CCCC1)NC(=O)CC1CS(=O)(=O)CCN1. The Morgan fingerprint density at radius 1 is 1.40 bits per heavy atom. The zero-order valence-electron chi connectivity index (χ0n) is 12.1. The summed E-state index contributed by atoms with van der Waals surface area (Å²) in [5.41, 5.74) is 0. The Balaban J connectivity index is 1.71. The van der Waals surface area contributed by atoms with Gasteiger partial charge in [-0.3, -0.25) is 4.79 Å². The fourth-order valence-electron chi connectivity index (χ4n) is 2.95. The van der Waals surface area contributed by atoms with E-state index in [0.717, 1.165) is 19.6 Å². The molecule has 2 rings (SSSR count). The van der Waals surface area contributed by atoms with Gasteiger partial charge in [0.05, 0.1) is 11.5 Å². The monoisotopic (exact) mass is 303 g/mol. The molecule has 6 nitrogen and oxygen atoms in total. The van der Waals surface area contributed by atoms with Crippen molar-refractivity contribution in [2.75, 3.05) is 37.7 Å². The van der Waals surface area contributed by atoms with Gasteiger partial charge in [0.1, 0.15) is 0 Å². The van der Waals surface area contributed by atoms with Gasteiger partial charge in [-0.2, -0.15) is 0 Å². The van der Waals surface area contributed by atoms with Gasteiger partial charge in [-0.1, -0.05) is 0 Å². The Labute approximate surface area is 121 Å². The fourth-order valence-corrected chi connectivity index (χ4v) is 4.40. The zero-order chi connectivity index (χ0) is 14.6. The number of nitrogens with zero attached hydrogens (tertiary/aromatic N) is 1. The quantitative estimate of drug-likeness (QED) is 0.707. The van der Waals surface area contributed by atoms with E-state index in [-0.39, 0.29) is 35.9 Å². The molecule has 0 radical (unpaired) electrons. The molecule has 0 bridgehead atoms.